The lowest BCUT2D eigenvalue weighted by Gasteiger charge is -2.34. The Morgan fingerprint density at radius 3 is 2.44 bits per heavy atom. The summed E-state index contributed by atoms with van der Waals surface area (Å²) in [6, 6.07) is 12.5. The van der Waals surface area contributed by atoms with Crippen molar-refractivity contribution < 1.29 is 13.3 Å². The number of piperazine rings is 1. The molecule has 1 saturated heterocycles. The molecule has 0 bridgehead atoms. The number of nitro benzene ring substituents is 1. The minimum Gasteiger partial charge on any atom is -0.352 e. The van der Waals surface area contributed by atoms with Gasteiger partial charge in [0.15, 0.2) is 11.6 Å². The Hall–Kier alpha value is -3.64. The van der Waals surface area contributed by atoms with Gasteiger partial charge in [0, 0.05) is 44.5 Å². The molecule has 0 atom stereocenters. The number of rotatable bonds is 6. The quantitative estimate of drug-likeness (QED) is 0.439. The Balaban J connectivity index is 1.40. The number of hydrogen-bond donors (Lipinski definition) is 1. The molecule has 32 heavy (non-hydrogen) atoms. The molecule has 1 aliphatic rings. The zero-order valence-corrected chi connectivity index (χ0v) is 18.1. The maximum atomic E-state index is 12.9. The molecule has 166 valence electrons. The van der Waals surface area contributed by atoms with Crippen LogP contribution in [0.1, 0.15) is 5.56 Å². The standard InChI is InChI=1S/C20H21N7O4S/c1-15-7-8-21-19(13-15)22-18-5-6-20(24-23-18)25-9-11-26(12-10-25)32(30,31)17-4-2-3-16(14-17)27(28)29/h2-8,13-14H,9-12H2,1H3,(H,21,22,23). The zero-order valence-electron chi connectivity index (χ0n) is 17.2. The number of sulfonamides is 1. The molecule has 0 unspecified atom stereocenters. The number of hydrogen-bond acceptors (Lipinski definition) is 9. The SMILES string of the molecule is Cc1ccnc(Nc2ccc(N3CCN(S(=O)(=O)c4cccc([N+](=O)[O-])c4)CC3)nn2)c1. The Morgan fingerprint density at radius 1 is 1.00 bits per heavy atom. The summed E-state index contributed by atoms with van der Waals surface area (Å²) >= 11 is 0. The van der Waals surface area contributed by atoms with Crippen LogP contribution in [0.5, 0.6) is 0 Å². The van der Waals surface area contributed by atoms with Gasteiger partial charge in [-0.3, -0.25) is 10.1 Å². The van der Waals surface area contributed by atoms with E-state index in [1.165, 1.54) is 22.5 Å². The summed E-state index contributed by atoms with van der Waals surface area (Å²) in [6.07, 6.45) is 1.71. The summed E-state index contributed by atoms with van der Waals surface area (Å²) in [7, 11) is -3.82. The summed E-state index contributed by atoms with van der Waals surface area (Å²) in [4.78, 5) is 16.5. The van der Waals surface area contributed by atoms with Crippen LogP contribution < -0.4 is 10.2 Å². The minimum atomic E-state index is -3.82. The summed E-state index contributed by atoms with van der Waals surface area (Å²) in [5, 5.41) is 22.5. The largest absolute Gasteiger partial charge is 0.352 e. The first-order chi connectivity index (χ1) is 15.3. The third-order valence-corrected chi connectivity index (χ3v) is 6.95. The second-order valence-corrected chi connectivity index (χ2v) is 9.20. The molecule has 1 N–H and O–H groups in total. The van der Waals surface area contributed by atoms with Crippen LogP contribution in [-0.2, 0) is 10.0 Å². The van der Waals surface area contributed by atoms with E-state index < -0.39 is 14.9 Å². The van der Waals surface area contributed by atoms with Crippen molar-refractivity contribution in [2.45, 2.75) is 11.8 Å². The molecule has 1 aromatic carbocycles. The van der Waals surface area contributed by atoms with Crippen LogP contribution in [0.3, 0.4) is 0 Å². The van der Waals surface area contributed by atoms with Crippen LogP contribution in [0.25, 0.3) is 0 Å². The van der Waals surface area contributed by atoms with E-state index in [0.29, 0.717) is 30.5 Å². The van der Waals surface area contributed by atoms with Crippen LogP contribution in [-0.4, -0.2) is 59.0 Å². The highest BCUT2D eigenvalue weighted by Crippen LogP contribution is 2.23. The van der Waals surface area contributed by atoms with Crippen molar-refractivity contribution in [3.05, 3.63) is 70.4 Å². The number of pyridine rings is 1. The van der Waals surface area contributed by atoms with Crippen LogP contribution in [0.2, 0.25) is 0 Å². The number of non-ortho nitro benzene ring substituents is 1. The van der Waals surface area contributed by atoms with Gasteiger partial charge in [0.25, 0.3) is 5.69 Å². The smallest absolute Gasteiger partial charge is 0.270 e. The molecule has 4 rings (SSSR count). The van der Waals surface area contributed by atoms with E-state index in [0.717, 1.165) is 11.6 Å². The van der Waals surface area contributed by atoms with Crippen molar-refractivity contribution in [1.82, 2.24) is 19.5 Å². The monoisotopic (exact) mass is 455 g/mol. The van der Waals surface area contributed by atoms with E-state index in [4.69, 9.17) is 0 Å². The van der Waals surface area contributed by atoms with E-state index in [1.807, 2.05) is 30.0 Å². The van der Waals surface area contributed by atoms with Crippen molar-refractivity contribution in [3.8, 4) is 0 Å². The van der Waals surface area contributed by atoms with Gasteiger partial charge in [0.1, 0.15) is 5.82 Å². The Kier molecular flexibility index (Phi) is 5.97. The van der Waals surface area contributed by atoms with Gasteiger partial charge in [-0.05, 0) is 42.8 Å². The molecule has 1 aliphatic heterocycles. The summed E-state index contributed by atoms with van der Waals surface area (Å²) in [6.45, 7) is 3.30. The van der Waals surface area contributed by atoms with Crippen molar-refractivity contribution in [1.29, 1.82) is 0 Å². The number of nitrogens with zero attached hydrogens (tertiary/aromatic N) is 6. The Bertz CT molecular complexity index is 1230. The summed E-state index contributed by atoms with van der Waals surface area (Å²) in [5.41, 5.74) is 0.819. The van der Waals surface area contributed by atoms with Crippen LogP contribution in [0, 0.1) is 17.0 Å². The molecule has 0 spiro atoms. The second kappa shape index (κ2) is 8.85. The molecular weight excluding hydrogens is 434 g/mol. The van der Waals surface area contributed by atoms with Gasteiger partial charge in [-0.2, -0.15) is 4.31 Å². The Labute approximate surface area is 184 Å². The normalized spacial score (nSPS) is 14.8. The fourth-order valence-electron chi connectivity index (χ4n) is 3.36. The van der Waals surface area contributed by atoms with Gasteiger partial charge in [-0.25, -0.2) is 13.4 Å². The third kappa shape index (κ3) is 4.65. The number of nitro groups is 1. The molecule has 3 aromatic rings. The molecule has 0 saturated carbocycles. The fourth-order valence-corrected chi connectivity index (χ4v) is 4.82. The van der Waals surface area contributed by atoms with Crippen LogP contribution in [0.4, 0.5) is 23.1 Å². The number of aromatic nitrogens is 3. The second-order valence-electron chi connectivity index (χ2n) is 7.27. The lowest BCUT2D eigenvalue weighted by Crippen LogP contribution is -2.49. The average Bonchev–Trinajstić information content (AvgIpc) is 2.80. The van der Waals surface area contributed by atoms with E-state index in [2.05, 4.69) is 20.5 Å². The highest BCUT2D eigenvalue weighted by molar-refractivity contribution is 7.89. The minimum absolute atomic E-state index is 0.0832. The van der Waals surface area contributed by atoms with Crippen LogP contribution in [0.15, 0.2) is 59.6 Å². The predicted molar refractivity (Wildman–Crippen MR) is 118 cm³/mol. The first kappa shape index (κ1) is 21.6. The van der Waals surface area contributed by atoms with Crippen molar-refractivity contribution in [2.24, 2.45) is 0 Å². The molecule has 3 heterocycles. The fraction of sp³-hybridized carbons (Fsp3) is 0.250. The van der Waals surface area contributed by atoms with E-state index in [-0.39, 0.29) is 23.7 Å². The van der Waals surface area contributed by atoms with E-state index >= 15 is 0 Å². The lowest BCUT2D eigenvalue weighted by atomic mass is 10.3. The topological polar surface area (TPSA) is 134 Å². The molecule has 2 aromatic heterocycles. The Morgan fingerprint density at radius 2 is 1.78 bits per heavy atom. The highest BCUT2D eigenvalue weighted by Gasteiger charge is 2.30. The number of aryl methyl sites for hydroxylation is 1. The maximum absolute atomic E-state index is 12.9. The van der Waals surface area contributed by atoms with E-state index in [9.17, 15) is 18.5 Å². The predicted octanol–water partition coefficient (Wildman–Crippen LogP) is 2.34. The molecule has 0 aliphatic carbocycles. The first-order valence-electron chi connectivity index (χ1n) is 9.86. The van der Waals surface area contributed by atoms with Gasteiger partial charge in [-0.15, -0.1) is 10.2 Å². The average molecular weight is 456 g/mol. The van der Waals surface area contributed by atoms with Crippen molar-refractivity contribution in [2.75, 3.05) is 36.4 Å². The number of anilines is 3. The van der Waals surface area contributed by atoms with E-state index in [1.54, 1.807) is 12.3 Å². The van der Waals surface area contributed by atoms with Crippen LogP contribution >= 0.6 is 0 Å². The van der Waals surface area contributed by atoms with Crippen molar-refractivity contribution in [3.63, 3.8) is 0 Å². The molecular formula is C20H21N7O4S. The first-order valence-corrected chi connectivity index (χ1v) is 11.3. The van der Waals surface area contributed by atoms with Gasteiger partial charge in [0.2, 0.25) is 10.0 Å². The third-order valence-electron chi connectivity index (χ3n) is 5.05. The molecule has 12 heteroatoms. The molecule has 0 amide bonds. The lowest BCUT2D eigenvalue weighted by molar-refractivity contribution is -0.385. The zero-order chi connectivity index (χ0) is 22.7. The number of benzene rings is 1. The summed E-state index contributed by atoms with van der Waals surface area (Å²) in [5.74, 6) is 1.87. The van der Waals surface area contributed by atoms with Gasteiger partial charge < -0.3 is 10.2 Å². The highest BCUT2D eigenvalue weighted by atomic mass is 32.2. The van der Waals surface area contributed by atoms with Gasteiger partial charge >= 0.3 is 0 Å². The molecule has 0 radical (unpaired) electrons. The van der Waals surface area contributed by atoms with Gasteiger partial charge in [0.05, 0.1) is 9.82 Å². The summed E-state index contributed by atoms with van der Waals surface area (Å²) < 4.78 is 27.1. The molecule has 11 nitrogen and oxygen atoms in total. The number of nitrogens with one attached hydrogen (secondary N) is 1. The van der Waals surface area contributed by atoms with Crippen molar-refractivity contribution >= 4 is 33.2 Å². The maximum Gasteiger partial charge on any atom is 0.270 e. The van der Waals surface area contributed by atoms with Gasteiger partial charge in [-0.1, -0.05) is 6.07 Å². The molecule has 1 fully saturated rings.